The molecule has 0 aliphatic carbocycles. The first-order chi connectivity index (χ1) is 7.65. The van der Waals surface area contributed by atoms with Gasteiger partial charge in [-0.25, -0.2) is 0 Å². The third kappa shape index (κ3) is 2.38. The van der Waals surface area contributed by atoms with E-state index >= 15 is 0 Å². The van der Waals surface area contributed by atoms with E-state index in [2.05, 4.69) is 0 Å². The van der Waals surface area contributed by atoms with Crippen LogP contribution in [0.25, 0.3) is 0 Å². The Morgan fingerprint density at radius 2 is 1.69 bits per heavy atom. The number of benzene rings is 2. The van der Waals surface area contributed by atoms with Crippen molar-refractivity contribution in [2.75, 3.05) is 0 Å². The number of phenolic OH excluding ortho intramolecular Hbond substituents is 2. The summed E-state index contributed by atoms with van der Waals surface area (Å²) >= 11 is 5.73. The van der Waals surface area contributed by atoms with Crippen molar-refractivity contribution in [1.29, 1.82) is 0 Å². The molecule has 0 unspecified atom stereocenters. The molecule has 0 spiro atoms. The number of phenols is 2. The third-order valence-electron chi connectivity index (χ3n) is 1.97. The molecule has 82 valence electrons. The Bertz CT molecular complexity index is 511. The molecule has 0 atom stereocenters. The van der Waals surface area contributed by atoms with E-state index in [4.69, 9.17) is 16.3 Å². The van der Waals surface area contributed by atoms with E-state index in [1.54, 1.807) is 24.3 Å². The lowest BCUT2D eigenvalue weighted by Crippen LogP contribution is -1.83. The Morgan fingerprint density at radius 3 is 2.38 bits per heavy atom. The number of hydrogen-bond acceptors (Lipinski definition) is 3. The van der Waals surface area contributed by atoms with Crippen molar-refractivity contribution in [3.8, 4) is 23.0 Å². The molecular formula is C12H9ClO3. The molecule has 0 bridgehead atoms. The summed E-state index contributed by atoms with van der Waals surface area (Å²) in [7, 11) is 0. The fourth-order valence-corrected chi connectivity index (χ4v) is 1.40. The first-order valence-corrected chi connectivity index (χ1v) is 4.98. The van der Waals surface area contributed by atoms with Gasteiger partial charge in [0.1, 0.15) is 23.0 Å². The monoisotopic (exact) mass is 236 g/mol. The van der Waals surface area contributed by atoms with Gasteiger partial charge in [-0.15, -0.1) is 0 Å². The van der Waals surface area contributed by atoms with Crippen LogP contribution in [0.15, 0.2) is 42.5 Å². The van der Waals surface area contributed by atoms with Crippen LogP contribution in [0.5, 0.6) is 23.0 Å². The molecule has 0 aliphatic heterocycles. The maximum absolute atomic E-state index is 9.24. The highest BCUT2D eigenvalue weighted by Gasteiger charge is 2.02. The number of ether oxygens (including phenoxy) is 1. The molecule has 2 N–H and O–H groups in total. The lowest BCUT2D eigenvalue weighted by atomic mass is 10.3. The fraction of sp³-hybridized carbons (Fsp3) is 0. The van der Waals surface area contributed by atoms with E-state index in [1.165, 1.54) is 18.2 Å². The van der Waals surface area contributed by atoms with Gasteiger partial charge < -0.3 is 14.9 Å². The molecule has 0 aliphatic rings. The van der Waals surface area contributed by atoms with Gasteiger partial charge in [-0.1, -0.05) is 17.7 Å². The zero-order chi connectivity index (χ0) is 11.5. The number of rotatable bonds is 2. The van der Waals surface area contributed by atoms with Gasteiger partial charge in [0.05, 0.1) is 5.02 Å². The number of halogens is 1. The Hall–Kier alpha value is -1.87. The summed E-state index contributed by atoms with van der Waals surface area (Å²) in [6.07, 6.45) is 0. The summed E-state index contributed by atoms with van der Waals surface area (Å²) in [6, 6.07) is 11.0. The van der Waals surface area contributed by atoms with Crippen LogP contribution in [0.4, 0.5) is 0 Å². The summed E-state index contributed by atoms with van der Waals surface area (Å²) in [5.41, 5.74) is 0. The zero-order valence-electron chi connectivity index (χ0n) is 8.22. The molecule has 0 saturated carbocycles. The Labute approximate surface area is 97.5 Å². The van der Waals surface area contributed by atoms with Crippen molar-refractivity contribution >= 4 is 11.6 Å². The first-order valence-electron chi connectivity index (χ1n) is 4.60. The fourth-order valence-electron chi connectivity index (χ4n) is 1.23. The standard InChI is InChI=1S/C12H9ClO3/c13-11-7-10(4-5-12(11)15)16-9-3-1-2-8(14)6-9/h1-7,14-15H. The zero-order valence-corrected chi connectivity index (χ0v) is 8.98. The topological polar surface area (TPSA) is 49.7 Å². The Morgan fingerprint density at radius 1 is 0.938 bits per heavy atom. The second-order valence-corrected chi connectivity index (χ2v) is 3.62. The molecule has 16 heavy (non-hydrogen) atoms. The first kappa shape index (κ1) is 10.6. The van der Waals surface area contributed by atoms with Crippen LogP contribution in [0.1, 0.15) is 0 Å². The lowest BCUT2D eigenvalue weighted by Gasteiger charge is -2.06. The largest absolute Gasteiger partial charge is 0.508 e. The number of aromatic hydroxyl groups is 2. The summed E-state index contributed by atoms with van der Waals surface area (Å²) in [4.78, 5) is 0. The lowest BCUT2D eigenvalue weighted by molar-refractivity contribution is 0.451. The van der Waals surface area contributed by atoms with Gasteiger partial charge in [-0.05, 0) is 24.3 Å². The molecule has 3 nitrogen and oxygen atoms in total. The van der Waals surface area contributed by atoms with Crippen molar-refractivity contribution in [3.63, 3.8) is 0 Å². The van der Waals surface area contributed by atoms with Crippen LogP contribution in [-0.4, -0.2) is 10.2 Å². The van der Waals surface area contributed by atoms with Crippen molar-refractivity contribution < 1.29 is 14.9 Å². The normalized spacial score (nSPS) is 10.1. The molecule has 2 aromatic rings. The highest BCUT2D eigenvalue weighted by Crippen LogP contribution is 2.31. The van der Waals surface area contributed by atoms with Gasteiger partial charge in [0.25, 0.3) is 0 Å². The van der Waals surface area contributed by atoms with E-state index in [9.17, 15) is 10.2 Å². The maximum Gasteiger partial charge on any atom is 0.134 e. The van der Waals surface area contributed by atoms with E-state index in [0.29, 0.717) is 11.5 Å². The molecular weight excluding hydrogens is 228 g/mol. The summed E-state index contributed by atoms with van der Waals surface area (Å²) in [5, 5.41) is 18.7. The summed E-state index contributed by atoms with van der Waals surface area (Å²) in [5.74, 6) is 1.13. The molecule has 0 heterocycles. The molecule has 2 aromatic carbocycles. The van der Waals surface area contributed by atoms with Crippen LogP contribution in [0.3, 0.4) is 0 Å². The quantitative estimate of drug-likeness (QED) is 0.839. The van der Waals surface area contributed by atoms with Crippen LogP contribution in [-0.2, 0) is 0 Å². The SMILES string of the molecule is Oc1cccc(Oc2ccc(O)c(Cl)c2)c1. The van der Waals surface area contributed by atoms with E-state index in [0.717, 1.165) is 0 Å². The molecule has 2 rings (SSSR count). The minimum atomic E-state index is 0.00456. The molecule has 0 fully saturated rings. The molecule has 0 saturated heterocycles. The molecule has 4 heteroatoms. The van der Waals surface area contributed by atoms with E-state index < -0.39 is 0 Å². The van der Waals surface area contributed by atoms with Crippen molar-refractivity contribution in [2.24, 2.45) is 0 Å². The Balaban J connectivity index is 2.24. The summed E-state index contributed by atoms with van der Waals surface area (Å²) < 4.78 is 5.44. The second kappa shape index (κ2) is 4.33. The smallest absolute Gasteiger partial charge is 0.134 e. The third-order valence-corrected chi connectivity index (χ3v) is 2.28. The van der Waals surface area contributed by atoms with Crippen molar-refractivity contribution in [2.45, 2.75) is 0 Å². The predicted octanol–water partition coefficient (Wildman–Crippen LogP) is 3.54. The summed E-state index contributed by atoms with van der Waals surface area (Å²) in [6.45, 7) is 0. The Kier molecular flexibility index (Phi) is 2.88. The predicted molar refractivity (Wildman–Crippen MR) is 61.3 cm³/mol. The van der Waals surface area contributed by atoms with Crippen LogP contribution < -0.4 is 4.74 Å². The number of hydrogen-bond donors (Lipinski definition) is 2. The van der Waals surface area contributed by atoms with Gasteiger partial charge in [-0.3, -0.25) is 0 Å². The maximum atomic E-state index is 9.24. The van der Waals surface area contributed by atoms with Gasteiger partial charge in [0, 0.05) is 12.1 Å². The van der Waals surface area contributed by atoms with Gasteiger partial charge in [0.15, 0.2) is 0 Å². The highest BCUT2D eigenvalue weighted by molar-refractivity contribution is 6.32. The van der Waals surface area contributed by atoms with Gasteiger partial charge in [-0.2, -0.15) is 0 Å². The molecule has 0 amide bonds. The minimum Gasteiger partial charge on any atom is -0.508 e. The van der Waals surface area contributed by atoms with Crippen molar-refractivity contribution in [3.05, 3.63) is 47.5 Å². The van der Waals surface area contributed by atoms with E-state index in [1.807, 2.05) is 0 Å². The van der Waals surface area contributed by atoms with E-state index in [-0.39, 0.29) is 16.5 Å². The van der Waals surface area contributed by atoms with Crippen LogP contribution in [0, 0.1) is 0 Å². The van der Waals surface area contributed by atoms with Crippen molar-refractivity contribution in [1.82, 2.24) is 0 Å². The average molecular weight is 237 g/mol. The van der Waals surface area contributed by atoms with Gasteiger partial charge in [0.2, 0.25) is 0 Å². The average Bonchev–Trinajstić information content (AvgIpc) is 2.24. The minimum absolute atomic E-state index is 0.00456. The van der Waals surface area contributed by atoms with Crippen LogP contribution in [0.2, 0.25) is 5.02 Å². The molecule has 0 radical (unpaired) electrons. The second-order valence-electron chi connectivity index (χ2n) is 3.21. The van der Waals surface area contributed by atoms with Gasteiger partial charge >= 0.3 is 0 Å². The molecule has 0 aromatic heterocycles. The van der Waals surface area contributed by atoms with Crippen LogP contribution >= 0.6 is 11.6 Å². The highest BCUT2D eigenvalue weighted by atomic mass is 35.5.